The molecular weight excluding hydrogens is 346 g/mol. The van der Waals surface area contributed by atoms with Gasteiger partial charge < -0.3 is 14.8 Å². The predicted octanol–water partition coefficient (Wildman–Crippen LogP) is 1.14. The van der Waals surface area contributed by atoms with Gasteiger partial charge in [-0.25, -0.2) is 0 Å². The molecule has 3 rings (SSSR count). The lowest BCUT2D eigenvalue weighted by atomic mass is 10.1. The van der Waals surface area contributed by atoms with Gasteiger partial charge in [0.25, 0.3) is 0 Å². The second kappa shape index (κ2) is 8.69. The molecule has 1 aliphatic heterocycles. The Bertz CT molecular complexity index is 769. The molecule has 0 saturated carbocycles. The lowest BCUT2D eigenvalue weighted by molar-refractivity contribution is -0.118. The second-order valence-corrected chi connectivity index (χ2v) is 7.23. The number of nitrogens with one attached hydrogen (secondary N) is 1. The van der Waals surface area contributed by atoms with E-state index in [1.165, 1.54) is 0 Å². The molecule has 148 valence electrons. The molecule has 1 aliphatic rings. The van der Waals surface area contributed by atoms with Gasteiger partial charge in [-0.1, -0.05) is 0 Å². The number of furan rings is 1. The standard InChI is InChI=1S/C19H29N5O3/c1-14-4-5-17(27-14)11-24-8-7-23(10-16(24)6-9-25)13-19(26)20-18-12-22(3)21-15(18)2/h4-5,12,16,25H,6-11,13H2,1-3H3,(H,20,26)/t16-/m0/s1. The van der Waals surface area contributed by atoms with Gasteiger partial charge in [-0.05, 0) is 32.4 Å². The van der Waals surface area contributed by atoms with Gasteiger partial charge in [0, 0.05) is 45.5 Å². The van der Waals surface area contributed by atoms with E-state index < -0.39 is 0 Å². The summed E-state index contributed by atoms with van der Waals surface area (Å²) >= 11 is 0. The molecule has 0 spiro atoms. The summed E-state index contributed by atoms with van der Waals surface area (Å²) in [6.07, 6.45) is 2.49. The normalized spacial score (nSPS) is 18.7. The van der Waals surface area contributed by atoms with Gasteiger partial charge in [0.05, 0.1) is 24.5 Å². The van der Waals surface area contributed by atoms with Crippen molar-refractivity contribution >= 4 is 11.6 Å². The minimum Gasteiger partial charge on any atom is -0.465 e. The number of aromatic nitrogens is 2. The number of hydrogen-bond donors (Lipinski definition) is 2. The third kappa shape index (κ3) is 5.18. The highest BCUT2D eigenvalue weighted by Crippen LogP contribution is 2.18. The predicted molar refractivity (Wildman–Crippen MR) is 102 cm³/mol. The Kier molecular flexibility index (Phi) is 6.30. The van der Waals surface area contributed by atoms with Crippen LogP contribution in [0.1, 0.15) is 23.6 Å². The largest absolute Gasteiger partial charge is 0.465 e. The maximum Gasteiger partial charge on any atom is 0.238 e. The monoisotopic (exact) mass is 375 g/mol. The van der Waals surface area contributed by atoms with Gasteiger partial charge in [0.2, 0.25) is 5.91 Å². The highest BCUT2D eigenvalue weighted by molar-refractivity contribution is 5.92. The molecule has 1 amide bonds. The summed E-state index contributed by atoms with van der Waals surface area (Å²) in [7, 11) is 1.84. The number of piperazine rings is 1. The fourth-order valence-electron chi connectivity index (χ4n) is 3.62. The van der Waals surface area contributed by atoms with E-state index in [-0.39, 0.29) is 18.6 Å². The van der Waals surface area contributed by atoms with Crippen LogP contribution in [-0.2, 0) is 18.4 Å². The number of nitrogens with zero attached hydrogens (tertiary/aromatic N) is 4. The van der Waals surface area contributed by atoms with E-state index in [0.29, 0.717) is 13.0 Å². The summed E-state index contributed by atoms with van der Waals surface area (Å²) in [6, 6.07) is 4.17. The van der Waals surface area contributed by atoms with E-state index in [2.05, 4.69) is 20.2 Å². The van der Waals surface area contributed by atoms with E-state index in [4.69, 9.17) is 4.42 Å². The number of anilines is 1. The number of amides is 1. The van der Waals surface area contributed by atoms with Crippen molar-refractivity contribution in [2.45, 2.75) is 32.9 Å². The van der Waals surface area contributed by atoms with E-state index >= 15 is 0 Å². The molecule has 2 aromatic rings. The summed E-state index contributed by atoms with van der Waals surface area (Å²) in [5, 5.41) is 16.6. The Morgan fingerprint density at radius 3 is 2.81 bits per heavy atom. The minimum atomic E-state index is -0.0380. The maximum atomic E-state index is 12.4. The quantitative estimate of drug-likeness (QED) is 0.755. The van der Waals surface area contributed by atoms with Crippen molar-refractivity contribution in [3.8, 4) is 0 Å². The average molecular weight is 375 g/mol. The zero-order chi connectivity index (χ0) is 19.4. The highest BCUT2D eigenvalue weighted by atomic mass is 16.3. The van der Waals surface area contributed by atoms with Crippen molar-refractivity contribution in [2.75, 3.05) is 38.1 Å². The molecule has 3 heterocycles. The number of carbonyl (C=O) groups is 1. The van der Waals surface area contributed by atoms with Gasteiger partial charge in [0.1, 0.15) is 11.5 Å². The first-order valence-corrected chi connectivity index (χ1v) is 9.37. The Hall–Kier alpha value is -2.16. The van der Waals surface area contributed by atoms with Crippen molar-refractivity contribution in [2.24, 2.45) is 7.05 Å². The second-order valence-electron chi connectivity index (χ2n) is 7.23. The molecule has 27 heavy (non-hydrogen) atoms. The van der Waals surface area contributed by atoms with E-state index in [1.807, 2.05) is 39.2 Å². The van der Waals surface area contributed by atoms with Crippen LogP contribution in [0.2, 0.25) is 0 Å². The van der Waals surface area contributed by atoms with Gasteiger partial charge in [-0.3, -0.25) is 19.3 Å². The van der Waals surface area contributed by atoms with Gasteiger partial charge in [0.15, 0.2) is 0 Å². The van der Waals surface area contributed by atoms with Crippen molar-refractivity contribution in [3.05, 3.63) is 35.5 Å². The summed E-state index contributed by atoms with van der Waals surface area (Å²) in [6.45, 7) is 7.41. The molecule has 1 saturated heterocycles. The SMILES string of the molecule is Cc1ccc(CN2CCN(CC(=O)Nc3cn(C)nc3C)C[C@@H]2CCO)o1. The molecule has 0 aromatic carbocycles. The fraction of sp³-hybridized carbons (Fsp3) is 0.579. The zero-order valence-corrected chi connectivity index (χ0v) is 16.3. The smallest absolute Gasteiger partial charge is 0.238 e. The van der Waals surface area contributed by atoms with Gasteiger partial charge in [-0.2, -0.15) is 5.10 Å². The average Bonchev–Trinajstić information content (AvgIpc) is 3.15. The third-order valence-corrected chi connectivity index (χ3v) is 4.96. The van der Waals surface area contributed by atoms with Crippen LogP contribution >= 0.6 is 0 Å². The molecule has 2 aromatic heterocycles. The van der Waals surface area contributed by atoms with Crippen molar-refractivity contribution in [1.29, 1.82) is 0 Å². The lowest BCUT2D eigenvalue weighted by Crippen LogP contribution is -2.54. The minimum absolute atomic E-state index is 0.0380. The molecule has 0 bridgehead atoms. The maximum absolute atomic E-state index is 12.4. The van der Waals surface area contributed by atoms with Gasteiger partial charge >= 0.3 is 0 Å². The molecule has 8 heteroatoms. The summed E-state index contributed by atoms with van der Waals surface area (Å²) in [4.78, 5) is 16.9. The van der Waals surface area contributed by atoms with Gasteiger partial charge in [-0.15, -0.1) is 0 Å². The van der Waals surface area contributed by atoms with Crippen LogP contribution in [0, 0.1) is 13.8 Å². The van der Waals surface area contributed by atoms with Crippen LogP contribution < -0.4 is 5.32 Å². The van der Waals surface area contributed by atoms with Crippen LogP contribution in [0.3, 0.4) is 0 Å². The van der Waals surface area contributed by atoms with E-state index in [0.717, 1.165) is 49.1 Å². The first-order chi connectivity index (χ1) is 12.9. The Labute approximate surface area is 159 Å². The first kappa shape index (κ1) is 19.6. The lowest BCUT2D eigenvalue weighted by Gasteiger charge is -2.40. The molecular formula is C19H29N5O3. The zero-order valence-electron chi connectivity index (χ0n) is 16.3. The molecule has 0 aliphatic carbocycles. The summed E-state index contributed by atoms with van der Waals surface area (Å²) in [5.74, 6) is 1.81. The third-order valence-electron chi connectivity index (χ3n) is 4.96. The Morgan fingerprint density at radius 2 is 2.19 bits per heavy atom. The number of aliphatic hydroxyl groups excluding tert-OH is 1. The highest BCUT2D eigenvalue weighted by Gasteiger charge is 2.28. The molecule has 1 fully saturated rings. The van der Waals surface area contributed by atoms with Crippen molar-refractivity contribution in [1.82, 2.24) is 19.6 Å². The molecule has 0 unspecified atom stereocenters. The summed E-state index contributed by atoms with van der Waals surface area (Å²) < 4.78 is 7.39. The molecule has 0 radical (unpaired) electrons. The first-order valence-electron chi connectivity index (χ1n) is 9.37. The van der Waals surface area contributed by atoms with E-state index in [1.54, 1.807) is 4.68 Å². The van der Waals surface area contributed by atoms with Crippen molar-refractivity contribution in [3.63, 3.8) is 0 Å². The number of aryl methyl sites for hydroxylation is 3. The van der Waals surface area contributed by atoms with Crippen LogP contribution in [-0.4, -0.2) is 69.4 Å². The number of hydrogen-bond acceptors (Lipinski definition) is 6. The molecule has 1 atom stereocenters. The van der Waals surface area contributed by atoms with Crippen molar-refractivity contribution < 1.29 is 14.3 Å². The van der Waals surface area contributed by atoms with E-state index in [9.17, 15) is 9.90 Å². The number of carbonyl (C=O) groups excluding carboxylic acids is 1. The van der Waals surface area contributed by atoms with Crippen LogP contribution in [0.5, 0.6) is 0 Å². The van der Waals surface area contributed by atoms with Crippen LogP contribution in [0.4, 0.5) is 5.69 Å². The molecule has 2 N–H and O–H groups in total. The summed E-state index contributed by atoms with van der Waals surface area (Å²) in [5.41, 5.74) is 1.56. The Balaban J connectivity index is 1.55. The fourth-order valence-corrected chi connectivity index (χ4v) is 3.62. The topological polar surface area (TPSA) is 86.8 Å². The number of aliphatic hydroxyl groups is 1. The number of rotatable bonds is 7. The van der Waals surface area contributed by atoms with Crippen LogP contribution in [0.15, 0.2) is 22.7 Å². The molecule has 8 nitrogen and oxygen atoms in total. The van der Waals surface area contributed by atoms with Crippen LogP contribution in [0.25, 0.3) is 0 Å². The Morgan fingerprint density at radius 1 is 1.37 bits per heavy atom.